The quantitative estimate of drug-likeness (QED) is 0.724. The molecule has 0 aliphatic carbocycles. The van der Waals surface area contributed by atoms with Gasteiger partial charge in [-0.25, -0.2) is 4.79 Å². The number of hydrogen-bond acceptors (Lipinski definition) is 4. The second kappa shape index (κ2) is 7.09. The Bertz CT molecular complexity index is 621. The molecule has 3 aliphatic rings. The number of urea groups is 1. The predicted octanol–water partition coefficient (Wildman–Crippen LogP) is 1.70. The van der Waals surface area contributed by atoms with Crippen molar-refractivity contribution in [3.05, 3.63) is 11.5 Å². The van der Waals surface area contributed by atoms with E-state index in [1.807, 2.05) is 24.2 Å². The van der Waals surface area contributed by atoms with Gasteiger partial charge in [-0.1, -0.05) is 13.8 Å². The maximum absolute atomic E-state index is 12.8. The van der Waals surface area contributed by atoms with Gasteiger partial charge in [0.1, 0.15) is 5.71 Å². The first-order valence-corrected chi connectivity index (χ1v) is 9.53. The third-order valence-corrected chi connectivity index (χ3v) is 5.54. The van der Waals surface area contributed by atoms with E-state index in [0.717, 1.165) is 32.4 Å². The van der Waals surface area contributed by atoms with E-state index in [0.29, 0.717) is 12.3 Å². The minimum atomic E-state index is -0.393. The first-order chi connectivity index (χ1) is 11.5. The number of carbonyl (C=O) groups is 3. The lowest BCUT2D eigenvalue weighted by Gasteiger charge is -2.28. The lowest BCUT2D eigenvalue weighted by atomic mass is 10.1. The molecule has 0 N–H and O–H groups in total. The molecule has 4 amide bonds. The van der Waals surface area contributed by atoms with Crippen LogP contribution in [0.25, 0.3) is 0 Å². The van der Waals surface area contributed by atoms with Gasteiger partial charge in [-0.05, 0) is 36.7 Å². The number of rotatable bonds is 4. The molecule has 1 fully saturated rings. The third kappa shape index (κ3) is 3.27. The van der Waals surface area contributed by atoms with Gasteiger partial charge in [0.25, 0.3) is 5.91 Å². The van der Waals surface area contributed by atoms with Gasteiger partial charge in [-0.2, -0.15) is 14.3 Å². The summed E-state index contributed by atoms with van der Waals surface area (Å²) in [5.74, 6) is -0.00252. The van der Waals surface area contributed by atoms with Crippen LogP contribution in [0.3, 0.4) is 0 Å². The number of nitrogens with zero attached hydrogens (tertiary/aromatic N) is 3. The normalized spacial score (nSPS) is 24.2. The zero-order valence-corrected chi connectivity index (χ0v) is 15.1. The largest absolute Gasteiger partial charge is 0.501 e. The molecule has 7 heteroatoms. The maximum atomic E-state index is 12.8. The summed E-state index contributed by atoms with van der Waals surface area (Å²) in [5, 5.41) is 1.44. The van der Waals surface area contributed by atoms with Crippen LogP contribution in [0.15, 0.2) is 11.5 Å². The number of hydrogen-bond donors (Lipinski definition) is 0. The number of carbonyl (C=O) groups excluding carboxylic acids is 3. The van der Waals surface area contributed by atoms with E-state index in [2.05, 4.69) is 0 Å². The van der Waals surface area contributed by atoms with E-state index in [4.69, 9.17) is 0 Å². The first kappa shape index (κ1) is 17.2. The average molecular weight is 350 g/mol. The fourth-order valence-electron chi connectivity index (χ4n) is 3.32. The van der Waals surface area contributed by atoms with Crippen LogP contribution in [-0.4, -0.2) is 69.4 Å². The summed E-state index contributed by atoms with van der Waals surface area (Å²) >= 11 is 1.41. The predicted molar refractivity (Wildman–Crippen MR) is 93.0 cm³/mol. The summed E-state index contributed by atoms with van der Waals surface area (Å²) in [6.07, 6.45) is 4.99. The number of piperidine rings is 1. The van der Waals surface area contributed by atoms with Crippen LogP contribution in [0.2, 0.25) is 0 Å². The SMILES string of the molecule is CC(C)CN1C(=O)C2SC=CC2=[N+](CC(=O)N2CCCCC2)C1=O. The van der Waals surface area contributed by atoms with Crippen molar-refractivity contribution in [2.45, 2.75) is 38.4 Å². The Morgan fingerprint density at radius 3 is 2.67 bits per heavy atom. The van der Waals surface area contributed by atoms with Crippen molar-refractivity contribution >= 4 is 35.3 Å². The van der Waals surface area contributed by atoms with Crippen molar-refractivity contribution in [2.24, 2.45) is 5.92 Å². The highest BCUT2D eigenvalue weighted by molar-refractivity contribution is 8.04. The molecule has 1 saturated heterocycles. The Balaban J connectivity index is 1.84. The molecule has 6 nitrogen and oxygen atoms in total. The van der Waals surface area contributed by atoms with Gasteiger partial charge in [-0.15, -0.1) is 11.8 Å². The molecule has 0 saturated carbocycles. The minimum Gasteiger partial charge on any atom is -0.339 e. The monoisotopic (exact) mass is 350 g/mol. The molecule has 3 aliphatic heterocycles. The Kier molecular flexibility index (Phi) is 5.08. The highest BCUT2D eigenvalue weighted by atomic mass is 32.2. The van der Waals surface area contributed by atoms with Gasteiger partial charge in [0.05, 0.1) is 6.54 Å². The molecule has 3 heterocycles. The highest BCUT2D eigenvalue weighted by Gasteiger charge is 2.49. The minimum absolute atomic E-state index is 0.0252. The van der Waals surface area contributed by atoms with Gasteiger partial charge in [0.2, 0.25) is 0 Å². The van der Waals surface area contributed by atoms with Crippen LogP contribution in [0.1, 0.15) is 33.1 Å². The van der Waals surface area contributed by atoms with Crippen LogP contribution >= 0.6 is 11.8 Å². The third-order valence-electron chi connectivity index (χ3n) is 4.54. The fourth-order valence-corrected chi connectivity index (χ4v) is 4.29. The summed E-state index contributed by atoms with van der Waals surface area (Å²) in [7, 11) is 0. The van der Waals surface area contributed by atoms with Crippen LogP contribution in [0.5, 0.6) is 0 Å². The Labute approximate surface area is 146 Å². The molecule has 0 radical (unpaired) electrons. The zero-order valence-electron chi connectivity index (χ0n) is 14.2. The Morgan fingerprint density at radius 1 is 1.29 bits per heavy atom. The van der Waals surface area contributed by atoms with Crippen molar-refractivity contribution in [1.82, 2.24) is 9.80 Å². The van der Waals surface area contributed by atoms with Crippen LogP contribution in [0, 0.1) is 5.92 Å². The van der Waals surface area contributed by atoms with Gasteiger partial charge in [0.15, 0.2) is 11.8 Å². The lowest BCUT2D eigenvalue weighted by molar-refractivity contribution is -0.428. The molecule has 24 heavy (non-hydrogen) atoms. The van der Waals surface area contributed by atoms with E-state index < -0.39 is 5.25 Å². The number of likely N-dealkylation sites (tertiary alicyclic amines) is 1. The average Bonchev–Trinajstić information content (AvgIpc) is 3.05. The molecule has 3 rings (SSSR count). The van der Waals surface area contributed by atoms with Crippen molar-refractivity contribution in [2.75, 3.05) is 26.2 Å². The molecule has 0 aromatic rings. The topological polar surface area (TPSA) is 60.7 Å². The van der Waals surface area contributed by atoms with Crippen LogP contribution < -0.4 is 0 Å². The summed E-state index contributed by atoms with van der Waals surface area (Å²) < 4.78 is 1.50. The van der Waals surface area contributed by atoms with Gasteiger partial charge in [-0.3, -0.25) is 4.79 Å². The van der Waals surface area contributed by atoms with Crippen molar-refractivity contribution in [3.8, 4) is 0 Å². The maximum Gasteiger partial charge on any atom is 0.501 e. The Morgan fingerprint density at radius 2 is 2.00 bits per heavy atom. The molecule has 0 aromatic carbocycles. The van der Waals surface area contributed by atoms with Crippen molar-refractivity contribution < 1.29 is 19.0 Å². The molecule has 1 unspecified atom stereocenters. The molecular formula is C17H24N3O3S+. The standard InChI is InChI=1S/C17H24N3O3S/c1-12(2)10-20-16(22)15-13(6-9-24-15)19(17(20)23)11-14(21)18-7-4-3-5-8-18/h6,9,12,15H,3-5,7-8,10-11H2,1-2H3/q+1. The molecule has 0 bridgehead atoms. The van der Waals surface area contributed by atoms with Crippen molar-refractivity contribution in [1.29, 1.82) is 0 Å². The Hall–Kier alpha value is -1.63. The van der Waals surface area contributed by atoms with E-state index in [1.54, 1.807) is 6.08 Å². The summed E-state index contributed by atoms with van der Waals surface area (Å²) in [6, 6.07) is -0.363. The van der Waals surface area contributed by atoms with E-state index in [-0.39, 0.29) is 30.3 Å². The van der Waals surface area contributed by atoms with E-state index >= 15 is 0 Å². The van der Waals surface area contributed by atoms with Crippen LogP contribution in [0.4, 0.5) is 4.79 Å². The number of thioether (sulfide) groups is 1. The molecular weight excluding hydrogens is 326 g/mol. The second-order valence-corrected chi connectivity index (χ2v) is 7.91. The fraction of sp³-hybridized carbons (Fsp3) is 0.647. The summed E-state index contributed by atoms with van der Waals surface area (Å²) in [4.78, 5) is 41.2. The van der Waals surface area contributed by atoms with Crippen LogP contribution in [-0.2, 0) is 9.59 Å². The van der Waals surface area contributed by atoms with Gasteiger partial charge >= 0.3 is 11.9 Å². The molecule has 0 spiro atoms. The lowest BCUT2D eigenvalue weighted by Crippen LogP contribution is -2.57. The molecule has 130 valence electrons. The second-order valence-electron chi connectivity index (χ2n) is 6.90. The number of amides is 4. The molecule has 0 aromatic heterocycles. The number of imide groups is 1. The summed E-state index contributed by atoms with van der Waals surface area (Å²) in [6.45, 7) is 5.89. The smallest absolute Gasteiger partial charge is 0.339 e. The molecule has 1 atom stereocenters. The van der Waals surface area contributed by atoms with E-state index in [9.17, 15) is 14.4 Å². The number of fused-ring (bicyclic) bond motifs is 1. The summed E-state index contributed by atoms with van der Waals surface area (Å²) in [5.41, 5.74) is 0.653. The zero-order chi connectivity index (χ0) is 17.3. The number of allylic oxidation sites excluding steroid dienone is 1. The van der Waals surface area contributed by atoms with Gasteiger partial charge < -0.3 is 4.90 Å². The van der Waals surface area contributed by atoms with E-state index in [1.165, 1.54) is 21.2 Å². The van der Waals surface area contributed by atoms with Gasteiger partial charge in [0, 0.05) is 13.1 Å². The highest BCUT2D eigenvalue weighted by Crippen LogP contribution is 2.28. The van der Waals surface area contributed by atoms with Crippen molar-refractivity contribution in [3.63, 3.8) is 0 Å². The first-order valence-electron chi connectivity index (χ1n) is 8.58.